The van der Waals surface area contributed by atoms with E-state index in [0.717, 1.165) is 31.7 Å². The van der Waals surface area contributed by atoms with Crippen molar-refractivity contribution in [1.82, 2.24) is 5.32 Å². The van der Waals surface area contributed by atoms with Gasteiger partial charge in [-0.05, 0) is 42.3 Å². The second kappa shape index (κ2) is 9.08. The average Bonchev–Trinajstić information content (AvgIpc) is 2.36. The van der Waals surface area contributed by atoms with E-state index in [9.17, 15) is 0 Å². The van der Waals surface area contributed by atoms with Crippen LogP contribution in [0.25, 0.3) is 0 Å². The lowest BCUT2D eigenvalue weighted by atomic mass is 10.2. The number of hydrogen-bond donors (Lipinski definition) is 1. The van der Waals surface area contributed by atoms with Crippen LogP contribution in [-0.4, -0.2) is 12.3 Å². The van der Waals surface area contributed by atoms with E-state index >= 15 is 0 Å². The van der Waals surface area contributed by atoms with Crippen LogP contribution in [0.15, 0.2) is 29.2 Å². The van der Waals surface area contributed by atoms with Gasteiger partial charge in [-0.1, -0.05) is 26.0 Å². The smallest absolute Gasteiger partial charge is 0.0205 e. The lowest BCUT2D eigenvalue weighted by Crippen LogP contribution is -2.18. The molecule has 1 N–H and O–H groups in total. The van der Waals surface area contributed by atoms with Crippen molar-refractivity contribution < 1.29 is 0 Å². The van der Waals surface area contributed by atoms with Gasteiger partial charge in [0.1, 0.15) is 0 Å². The number of benzene rings is 1. The molecule has 0 aliphatic heterocycles. The Morgan fingerprint density at radius 1 is 1.28 bits per heavy atom. The van der Waals surface area contributed by atoms with Crippen LogP contribution >= 0.6 is 11.8 Å². The Labute approximate surface area is 116 Å². The fourth-order valence-electron chi connectivity index (χ4n) is 1.57. The molecular formula is C16H23NS. The maximum Gasteiger partial charge on any atom is 0.0205 e. The molecular weight excluding hydrogens is 238 g/mol. The zero-order chi connectivity index (χ0) is 13.2. The number of nitrogens with one attached hydrogen (secondary N) is 1. The van der Waals surface area contributed by atoms with Crippen molar-refractivity contribution in [3.63, 3.8) is 0 Å². The quantitative estimate of drug-likeness (QED) is 0.432. The highest BCUT2D eigenvalue weighted by Crippen LogP contribution is 2.19. The van der Waals surface area contributed by atoms with Gasteiger partial charge in [-0.2, -0.15) is 0 Å². The molecule has 0 unspecified atom stereocenters. The Kier molecular flexibility index (Phi) is 7.64. The summed E-state index contributed by atoms with van der Waals surface area (Å²) in [6, 6.07) is 8.81. The van der Waals surface area contributed by atoms with E-state index in [1.165, 1.54) is 10.5 Å². The molecule has 0 spiro atoms. The molecule has 0 heterocycles. The zero-order valence-electron chi connectivity index (χ0n) is 11.4. The largest absolute Gasteiger partial charge is 0.312 e. The van der Waals surface area contributed by atoms with E-state index in [1.54, 1.807) is 0 Å². The highest BCUT2D eigenvalue weighted by molar-refractivity contribution is 7.99. The number of unbranched alkanes of at least 4 members (excludes halogenated alkanes) is 1. The molecule has 0 radical (unpaired) electrons. The van der Waals surface area contributed by atoms with Crippen LogP contribution in [0.3, 0.4) is 0 Å². The van der Waals surface area contributed by atoms with Crippen LogP contribution in [0, 0.1) is 18.3 Å². The number of terminal acetylenes is 1. The lowest BCUT2D eigenvalue weighted by molar-refractivity contribution is 0.552. The Morgan fingerprint density at radius 3 is 2.61 bits per heavy atom. The van der Waals surface area contributed by atoms with Gasteiger partial charge in [0.25, 0.3) is 0 Å². The van der Waals surface area contributed by atoms with E-state index in [2.05, 4.69) is 49.4 Å². The molecule has 0 saturated carbocycles. The number of rotatable bonds is 8. The van der Waals surface area contributed by atoms with Crippen LogP contribution in [0.5, 0.6) is 0 Å². The van der Waals surface area contributed by atoms with Crippen molar-refractivity contribution in [2.75, 3.05) is 12.3 Å². The van der Waals surface area contributed by atoms with Crippen molar-refractivity contribution in [1.29, 1.82) is 0 Å². The van der Waals surface area contributed by atoms with Crippen LogP contribution in [0.1, 0.15) is 32.3 Å². The summed E-state index contributed by atoms with van der Waals surface area (Å²) in [5.74, 6) is 4.48. The van der Waals surface area contributed by atoms with Gasteiger partial charge in [0.2, 0.25) is 0 Å². The second-order valence-corrected chi connectivity index (χ2v) is 5.99. The van der Waals surface area contributed by atoms with E-state index in [-0.39, 0.29) is 0 Å². The predicted octanol–water partition coefficient (Wildman–Crippen LogP) is 3.94. The Balaban J connectivity index is 2.27. The SMILES string of the molecule is C#CCCCSc1ccc(CNCC(C)C)cc1. The summed E-state index contributed by atoms with van der Waals surface area (Å²) >= 11 is 1.88. The van der Waals surface area contributed by atoms with Crippen LogP contribution in [-0.2, 0) is 6.54 Å². The van der Waals surface area contributed by atoms with Gasteiger partial charge in [0.15, 0.2) is 0 Å². The third-order valence-corrected chi connectivity index (χ3v) is 3.64. The molecule has 2 heteroatoms. The Hall–Kier alpha value is -0.910. The molecule has 1 aromatic carbocycles. The van der Waals surface area contributed by atoms with Crippen LogP contribution < -0.4 is 5.32 Å². The molecule has 0 saturated heterocycles. The molecule has 1 nitrogen and oxygen atoms in total. The average molecular weight is 261 g/mol. The maximum atomic E-state index is 5.23. The van der Waals surface area contributed by atoms with Gasteiger partial charge in [-0.25, -0.2) is 0 Å². The van der Waals surface area contributed by atoms with Gasteiger partial charge < -0.3 is 5.32 Å². The maximum absolute atomic E-state index is 5.23. The first-order chi connectivity index (χ1) is 8.72. The Morgan fingerprint density at radius 2 is 2.00 bits per heavy atom. The second-order valence-electron chi connectivity index (χ2n) is 4.82. The minimum absolute atomic E-state index is 0.705. The Bertz CT molecular complexity index is 362. The highest BCUT2D eigenvalue weighted by atomic mass is 32.2. The van der Waals surface area contributed by atoms with E-state index in [4.69, 9.17) is 6.42 Å². The summed E-state index contributed by atoms with van der Waals surface area (Å²) in [6.45, 7) is 6.48. The molecule has 0 atom stereocenters. The van der Waals surface area contributed by atoms with Gasteiger partial charge in [0.05, 0.1) is 0 Å². The van der Waals surface area contributed by atoms with Gasteiger partial charge in [-0.3, -0.25) is 0 Å². The van der Waals surface area contributed by atoms with Crippen molar-refractivity contribution in [2.45, 2.75) is 38.1 Å². The standard InChI is InChI=1S/C16H23NS/c1-4-5-6-11-18-16-9-7-15(8-10-16)13-17-12-14(2)3/h1,7-10,14,17H,5-6,11-13H2,2-3H3. The minimum atomic E-state index is 0.705. The van der Waals surface area contributed by atoms with Crippen molar-refractivity contribution in [3.8, 4) is 12.3 Å². The van der Waals surface area contributed by atoms with Crippen LogP contribution in [0.4, 0.5) is 0 Å². The molecule has 18 heavy (non-hydrogen) atoms. The third-order valence-electron chi connectivity index (χ3n) is 2.54. The van der Waals surface area contributed by atoms with Crippen molar-refractivity contribution in [2.24, 2.45) is 5.92 Å². The molecule has 0 amide bonds. The predicted molar refractivity (Wildman–Crippen MR) is 81.8 cm³/mol. The molecule has 0 aromatic heterocycles. The van der Waals surface area contributed by atoms with Crippen LogP contribution in [0.2, 0.25) is 0 Å². The summed E-state index contributed by atoms with van der Waals surface area (Å²) in [7, 11) is 0. The first-order valence-corrected chi connectivity index (χ1v) is 7.57. The molecule has 0 aliphatic carbocycles. The fraction of sp³-hybridized carbons (Fsp3) is 0.500. The summed E-state index contributed by atoms with van der Waals surface area (Å²) < 4.78 is 0. The van der Waals surface area contributed by atoms with Crippen molar-refractivity contribution >= 4 is 11.8 Å². The third kappa shape index (κ3) is 6.74. The molecule has 1 aromatic rings. The minimum Gasteiger partial charge on any atom is -0.312 e. The lowest BCUT2D eigenvalue weighted by Gasteiger charge is -2.08. The highest BCUT2D eigenvalue weighted by Gasteiger charge is 1.97. The van der Waals surface area contributed by atoms with Gasteiger partial charge in [-0.15, -0.1) is 24.1 Å². The summed E-state index contributed by atoms with van der Waals surface area (Å²) in [5.41, 5.74) is 1.35. The number of thioether (sulfide) groups is 1. The molecule has 98 valence electrons. The van der Waals surface area contributed by atoms with E-state index < -0.39 is 0 Å². The van der Waals surface area contributed by atoms with Gasteiger partial charge >= 0.3 is 0 Å². The zero-order valence-corrected chi connectivity index (χ0v) is 12.2. The summed E-state index contributed by atoms with van der Waals surface area (Å²) in [4.78, 5) is 1.33. The molecule has 0 bridgehead atoms. The summed E-state index contributed by atoms with van der Waals surface area (Å²) in [6.07, 6.45) is 7.20. The first kappa shape index (κ1) is 15.1. The van der Waals surface area contributed by atoms with E-state index in [0.29, 0.717) is 5.92 Å². The fourth-order valence-corrected chi connectivity index (χ4v) is 2.43. The van der Waals surface area contributed by atoms with E-state index in [1.807, 2.05) is 11.8 Å². The van der Waals surface area contributed by atoms with Gasteiger partial charge in [0, 0.05) is 17.9 Å². The monoisotopic (exact) mass is 261 g/mol. The molecule has 1 rings (SSSR count). The number of hydrogen-bond acceptors (Lipinski definition) is 2. The molecule has 0 aliphatic rings. The normalized spacial score (nSPS) is 10.6. The van der Waals surface area contributed by atoms with Crippen molar-refractivity contribution in [3.05, 3.63) is 29.8 Å². The topological polar surface area (TPSA) is 12.0 Å². The first-order valence-electron chi connectivity index (χ1n) is 6.58. The molecule has 0 fully saturated rings. The summed E-state index contributed by atoms with van der Waals surface area (Å²) in [5, 5.41) is 3.45.